The number of carboxylic acids is 1. The summed E-state index contributed by atoms with van der Waals surface area (Å²) in [6.45, 7) is 0. The third-order valence-corrected chi connectivity index (χ3v) is 5.60. The van der Waals surface area contributed by atoms with Gasteiger partial charge in [-0.25, -0.2) is 17.5 Å². The molecule has 0 saturated heterocycles. The molecule has 0 saturated carbocycles. The second-order valence-electron chi connectivity index (χ2n) is 4.88. The topological polar surface area (TPSA) is 83.5 Å². The van der Waals surface area contributed by atoms with Crippen LogP contribution in [0.4, 0.5) is 4.39 Å². The van der Waals surface area contributed by atoms with Gasteiger partial charge >= 0.3 is 5.97 Å². The van der Waals surface area contributed by atoms with Crippen LogP contribution < -0.4 is 4.72 Å². The zero-order valence-electron chi connectivity index (χ0n) is 12.0. The molecule has 2 aromatic carbocycles. The van der Waals surface area contributed by atoms with Crippen LogP contribution in [0.5, 0.6) is 0 Å². The van der Waals surface area contributed by atoms with E-state index in [0.717, 1.165) is 12.1 Å². The van der Waals surface area contributed by atoms with E-state index in [2.05, 4.69) is 4.72 Å². The summed E-state index contributed by atoms with van der Waals surface area (Å²) >= 11 is 11.7. The summed E-state index contributed by atoms with van der Waals surface area (Å²) in [4.78, 5) is 10.8. The third kappa shape index (κ3) is 4.45. The van der Waals surface area contributed by atoms with Crippen molar-refractivity contribution in [1.82, 2.24) is 4.72 Å². The van der Waals surface area contributed by atoms with E-state index < -0.39 is 34.3 Å². The molecular formula is C15H12Cl2FNO4S. The van der Waals surface area contributed by atoms with Gasteiger partial charge in [0.15, 0.2) is 0 Å². The first-order chi connectivity index (χ1) is 11.2. The van der Waals surface area contributed by atoms with Crippen molar-refractivity contribution in [3.8, 4) is 0 Å². The molecule has 0 unspecified atom stereocenters. The summed E-state index contributed by atoms with van der Waals surface area (Å²) in [5, 5.41) is 8.89. The smallest absolute Gasteiger partial charge is 0.305 e. The van der Waals surface area contributed by atoms with Crippen molar-refractivity contribution >= 4 is 39.2 Å². The molecule has 0 amide bonds. The summed E-state index contributed by atoms with van der Waals surface area (Å²) in [7, 11) is -4.14. The molecule has 0 aliphatic heterocycles. The Morgan fingerprint density at radius 1 is 1.17 bits per heavy atom. The van der Waals surface area contributed by atoms with Gasteiger partial charge < -0.3 is 5.11 Å². The number of carboxylic acid groups (broad SMARTS) is 1. The van der Waals surface area contributed by atoms with Gasteiger partial charge in [0.2, 0.25) is 10.0 Å². The van der Waals surface area contributed by atoms with Crippen molar-refractivity contribution in [3.05, 3.63) is 63.9 Å². The highest BCUT2D eigenvalue weighted by Gasteiger charge is 2.26. The maximum atomic E-state index is 13.0. The Morgan fingerprint density at radius 3 is 2.38 bits per heavy atom. The Bertz CT molecular complexity index is 856. The molecule has 2 rings (SSSR count). The third-order valence-electron chi connectivity index (χ3n) is 3.15. The minimum atomic E-state index is -4.14. The zero-order valence-corrected chi connectivity index (χ0v) is 14.4. The van der Waals surface area contributed by atoms with E-state index >= 15 is 0 Å². The SMILES string of the molecule is O=C(O)C[C@H](NS(=O)(=O)c1cccc(Cl)c1Cl)c1ccc(F)cc1. The van der Waals surface area contributed by atoms with Crippen LogP contribution in [0.3, 0.4) is 0 Å². The predicted molar refractivity (Wildman–Crippen MR) is 88.2 cm³/mol. The molecule has 0 radical (unpaired) electrons. The van der Waals surface area contributed by atoms with Crippen LogP contribution >= 0.6 is 23.2 Å². The highest BCUT2D eigenvalue weighted by Crippen LogP contribution is 2.30. The average molecular weight is 392 g/mol. The summed E-state index contributed by atoms with van der Waals surface area (Å²) in [6, 6.07) is 7.85. The Hall–Kier alpha value is -1.67. The minimum Gasteiger partial charge on any atom is -0.481 e. The molecule has 0 spiro atoms. The van der Waals surface area contributed by atoms with E-state index in [1.165, 1.54) is 30.3 Å². The number of nitrogens with one attached hydrogen (secondary N) is 1. The van der Waals surface area contributed by atoms with Crippen LogP contribution in [0.1, 0.15) is 18.0 Å². The maximum absolute atomic E-state index is 13.0. The molecule has 0 aromatic heterocycles. The molecule has 1 atom stereocenters. The van der Waals surface area contributed by atoms with Crippen molar-refractivity contribution in [1.29, 1.82) is 0 Å². The van der Waals surface area contributed by atoms with E-state index in [1.54, 1.807) is 0 Å². The summed E-state index contributed by atoms with van der Waals surface area (Å²) < 4.78 is 40.3. The van der Waals surface area contributed by atoms with E-state index in [0.29, 0.717) is 5.56 Å². The highest BCUT2D eigenvalue weighted by atomic mass is 35.5. The predicted octanol–water partition coefficient (Wildman–Crippen LogP) is 3.63. The van der Waals surface area contributed by atoms with E-state index in [9.17, 15) is 17.6 Å². The van der Waals surface area contributed by atoms with E-state index in [-0.39, 0.29) is 14.9 Å². The lowest BCUT2D eigenvalue weighted by Crippen LogP contribution is -2.30. The second kappa shape index (κ2) is 7.48. The van der Waals surface area contributed by atoms with Crippen molar-refractivity contribution < 1.29 is 22.7 Å². The summed E-state index contributed by atoms with van der Waals surface area (Å²) in [6.07, 6.45) is -0.525. The van der Waals surface area contributed by atoms with Crippen LogP contribution in [-0.4, -0.2) is 19.5 Å². The number of carbonyl (C=O) groups is 1. The van der Waals surface area contributed by atoms with Crippen LogP contribution in [-0.2, 0) is 14.8 Å². The quantitative estimate of drug-likeness (QED) is 0.787. The van der Waals surface area contributed by atoms with Gasteiger partial charge in [0.25, 0.3) is 0 Å². The Kier molecular flexibility index (Phi) is 5.82. The summed E-state index contributed by atoms with van der Waals surface area (Å²) in [5.41, 5.74) is 0.306. The zero-order chi connectivity index (χ0) is 17.9. The second-order valence-corrected chi connectivity index (χ2v) is 7.34. The molecule has 0 bridgehead atoms. The minimum absolute atomic E-state index is 0.0520. The monoisotopic (exact) mass is 391 g/mol. The number of aliphatic carboxylic acids is 1. The van der Waals surface area contributed by atoms with E-state index in [1.807, 2.05) is 0 Å². The van der Waals surface area contributed by atoms with Crippen molar-refractivity contribution in [2.45, 2.75) is 17.4 Å². The fourth-order valence-electron chi connectivity index (χ4n) is 2.04. The molecule has 0 aliphatic rings. The largest absolute Gasteiger partial charge is 0.481 e. The Labute approximate surface area is 148 Å². The summed E-state index contributed by atoms with van der Waals surface area (Å²) in [5.74, 6) is -1.74. The first-order valence-electron chi connectivity index (χ1n) is 6.64. The van der Waals surface area contributed by atoms with Gasteiger partial charge in [-0.3, -0.25) is 4.79 Å². The standard InChI is InChI=1S/C15H12Cl2FNO4S/c16-11-2-1-3-13(15(11)17)24(22,23)19-12(8-14(20)21)9-4-6-10(18)7-5-9/h1-7,12,19H,8H2,(H,20,21)/t12-/m0/s1. The van der Waals surface area contributed by atoms with Crippen LogP contribution in [0.2, 0.25) is 10.0 Å². The molecule has 24 heavy (non-hydrogen) atoms. The normalized spacial score (nSPS) is 12.8. The van der Waals surface area contributed by atoms with Crippen molar-refractivity contribution in [2.24, 2.45) is 0 Å². The molecule has 0 fully saturated rings. The molecular weight excluding hydrogens is 380 g/mol. The first-order valence-corrected chi connectivity index (χ1v) is 8.88. The fraction of sp³-hybridized carbons (Fsp3) is 0.133. The highest BCUT2D eigenvalue weighted by molar-refractivity contribution is 7.89. The van der Waals surface area contributed by atoms with Gasteiger partial charge in [0.05, 0.1) is 22.5 Å². The number of benzene rings is 2. The lowest BCUT2D eigenvalue weighted by molar-refractivity contribution is -0.137. The number of hydrogen-bond acceptors (Lipinski definition) is 3. The number of rotatable bonds is 6. The van der Waals surface area contributed by atoms with Crippen LogP contribution in [0, 0.1) is 5.82 Å². The fourth-order valence-corrected chi connectivity index (χ4v) is 4.03. The average Bonchev–Trinajstić information content (AvgIpc) is 2.49. The van der Waals surface area contributed by atoms with Crippen LogP contribution in [0.15, 0.2) is 47.4 Å². The number of halogens is 3. The lowest BCUT2D eigenvalue weighted by atomic mass is 10.1. The number of hydrogen-bond donors (Lipinski definition) is 2. The molecule has 9 heteroatoms. The van der Waals surface area contributed by atoms with Gasteiger partial charge in [-0.2, -0.15) is 0 Å². The number of sulfonamides is 1. The van der Waals surface area contributed by atoms with E-state index in [4.69, 9.17) is 28.3 Å². The molecule has 2 N–H and O–H groups in total. The van der Waals surface area contributed by atoms with Gasteiger partial charge in [0, 0.05) is 0 Å². The molecule has 5 nitrogen and oxygen atoms in total. The first kappa shape index (κ1) is 18.7. The lowest BCUT2D eigenvalue weighted by Gasteiger charge is -2.18. The van der Waals surface area contributed by atoms with Crippen molar-refractivity contribution in [3.63, 3.8) is 0 Å². The molecule has 128 valence electrons. The van der Waals surface area contributed by atoms with Gasteiger partial charge in [-0.05, 0) is 29.8 Å². The molecule has 0 heterocycles. The molecule has 0 aliphatic carbocycles. The van der Waals surface area contributed by atoms with Gasteiger partial charge in [0.1, 0.15) is 10.7 Å². The van der Waals surface area contributed by atoms with Crippen LogP contribution in [0.25, 0.3) is 0 Å². The van der Waals surface area contributed by atoms with Gasteiger partial charge in [-0.15, -0.1) is 0 Å². The Balaban J connectivity index is 2.39. The Morgan fingerprint density at radius 2 is 1.79 bits per heavy atom. The maximum Gasteiger partial charge on any atom is 0.305 e. The van der Waals surface area contributed by atoms with Gasteiger partial charge in [-0.1, -0.05) is 41.4 Å². The molecule has 2 aromatic rings. The van der Waals surface area contributed by atoms with Crippen molar-refractivity contribution in [2.75, 3.05) is 0 Å².